The molecule has 0 bridgehead atoms. The number of aromatic nitrogens is 1. The number of carboxylic acids is 1. The van der Waals surface area contributed by atoms with Gasteiger partial charge in [-0.15, -0.1) is 0 Å². The fourth-order valence-corrected chi connectivity index (χ4v) is 5.48. The molecule has 2 heterocycles. The highest BCUT2D eigenvalue weighted by atomic mass is 16.4. The zero-order valence-electron chi connectivity index (χ0n) is 24.4. The molecule has 0 spiro atoms. The number of nitrogens with one attached hydrogen (secondary N) is 3. The Morgan fingerprint density at radius 2 is 1.73 bits per heavy atom. The summed E-state index contributed by atoms with van der Waals surface area (Å²) in [5.74, 6) is -2.73. The Labute approximate surface area is 255 Å². The SMILES string of the molecule is NC(N)=NCCCC(N)C(=O)N1CCCC1C(=O)NC(Cc1ccccc1)C(=O)NC(Cc1c[nH]c2ccccc12)C(=O)O. The largest absolute Gasteiger partial charge is 0.480 e. The van der Waals surface area contributed by atoms with Crippen molar-refractivity contribution < 1.29 is 24.3 Å². The minimum Gasteiger partial charge on any atom is -0.480 e. The molecule has 4 rings (SSSR count). The molecule has 10 N–H and O–H groups in total. The molecule has 1 saturated heterocycles. The lowest BCUT2D eigenvalue weighted by molar-refractivity contribution is -0.143. The average molecular weight is 605 g/mol. The Kier molecular flexibility index (Phi) is 10.9. The van der Waals surface area contributed by atoms with Gasteiger partial charge in [-0.3, -0.25) is 19.4 Å². The van der Waals surface area contributed by atoms with Gasteiger partial charge < -0.3 is 42.8 Å². The topological polar surface area (TPSA) is 222 Å². The smallest absolute Gasteiger partial charge is 0.326 e. The summed E-state index contributed by atoms with van der Waals surface area (Å²) in [6.07, 6.45) is 3.76. The number of carbonyl (C=O) groups excluding carboxylic acids is 3. The number of H-pyrrole nitrogens is 1. The van der Waals surface area contributed by atoms with Crippen LogP contribution >= 0.6 is 0 Å². The number of para-hydroxylation sites is 1. The number of nitrogens with two attached hydrogens (primary N) is 3. The molecule has 13 heteroatoms. The van der Waals surface area contributed by atoms with Gasteiger partial charge in [-0.2, -0.15) is 0 Å². The Morgan fingerprint density at radius 1 is 1.00 bits per heavy atom. The van der Waals surface area contributed by atoms with Crippen LogP contribution in [0.2, 0.25) is 0 Å². The number of guanidine groups is 1. The van der Waals surface area contributed by atoms with Gasteiger partial charge in [0.15, 0.2) is 5.96 Å². The van der Waals surface area contributed by atoms with Crippen LogP contribution in [0.25, 0.3) is 10.9 Å². The number of aromatic amines is 1. The number of benzene rings is 2. The molecule has 13 nitrogen and oxygen atoms in total. The fourth-order valence-electron chi connectivity index (χ4n) is 5.48. The third-order valence-electron chi connectivity index (χ3n) is 7.75. The summed E-state index contributed by atoms with van der Waals surface area (Å²) >= 11 is 0. The highest BCUT2D eigenvalue weighted by Gasteiger charge is 2.38. The minimum absolute atomic E-state index is 0.0390. The van der Waals surface area contributed by atoms with Gasteiger partial charge in [0.05, 0.1) is 6.04 Å². The van der Waals surface area contributed by atoms with E-state index in [4.69, 9.17) is 17.2 Å². The van der Waals surface area contributed by atoms with E-state index in [0.717, 1.165) is 22.0 Å². The highest BCUT2D eigenvalue weighted by Crippen LogP contribution is 2.21. The van der Waals surface area contributed by atoms with Crippen LogP contribution < -0.4 is 27.8 Å². The standard InChI is InChI=1S/C31H40N8O5/c32-22(11-6-14-35-31(33)34)29(42)39-15-7-13-26(39)28(41)37-24(16-19-8-2-1-3-9-19)27(40)38-25(30(43)44)17-20-18-36-23-12-5-4-10-21(20)23/h1-5,8-10,12,18,22,24-26,36H,6-7,11,13-17,32H2,(H,37,41)(H,38,40)(H,43,44)(H4,33,34,35). The lowest BCUT2D eigenvalue weighted by atomic mass is 10.0. The van der Waals surface area contributed by atoms with E-state index in [1.807, 2.05) is 54.6 Å². The van der Waals surface area contributed by atoms with Crippen molar-refractivity contribution in [3.05, 3.63) is 71.9 Å². The third kappa shape index (κ3) is 8.34. The number of fused-ring (bicyclic) bond motifs is 1. The molecular weight excluding hydrogens is 564 g/mol. The van der Waals surface area contributed by atoms with Gasteiger partial charge in [0.2, 0.25) is 17.7 Å². The van der Waals surface area contributed by atoms with Gasteiger partial charge in [0, 0.05) is 43.0 Å². The average Bonchev–Trinajstić information content (AvgIpc) is 3.66. The van der Waals surface area contributed by atoms with Gasteiger partial charge in [0.1, 0.15) is 18.1 Å². The van der Waals surface area contributed by atoms with E-state index in [0.29, 0.717) is 38.8 Å². The molecule has 234 valence electrons. The number of rotatable bonds is 14. The van der Waals surface area contributed by atoms with Crippen LogP contribution in [0.3, 0.4) is 0 Å². The summed E-state index contributed by atoms with van der Waals surface area (Å²) in [4.78, 5) is 61.0. The summed E-state index contributed by atoms with van der Waals surface area (Å²) in [7, 11) is 0. The predicted molar refractivity (Wildman–Crippen MR) is 166 cm³/mol. The highest BCUT2D eigenvalue weighted by molar-refractivity contribution is 5.95. The van der Waals surface area contributed by atoms with Crippen LogP contribution in [0.15, 0.2) is 65.8 Å². The fraction of sp³-hybridized carbons (Fsp3) is 0.387. The molecule has 1 fully saturated rings. The maximum absolute atomic E-state index is 13.6. The molecule has 1 aliphatic heterocycles. The van der Waals surface area contributed by atoms with Crippen molar-refractivity contribution in [3.8, 4) is 0 Å². The molecule has 0 aliphatic carbocycles. The van der Waals surface area contributed by atoms with E-state index in [-0.39, 0.29) is 24.7 Å². The predicted octanol–water partition coefficient (Wildman–Crippen LogP) is 0.379. The van der Waals surface area contributed by atoms with Crippen molar-refractivity contribution in [3.63, 3.8) is 0 Å². The van der Waals surface area contributed by atoms with Crippen LogP contribution in [-0.2, 0) is 32.0 Å². The van der Waals surface area contributed by atoms with Gasteiger partial charge >= 0.3 is 5.97 Å². The van der Waals surface area contributed by atoms with Crippen LogP contribution in [0.4, 0.5) is 0 Å². The first kappa shape index (κ1) is 32.0. The van der Waals surface area contributed by atoms with E-state index in [1.54, 1.807) is 6.20 Å². The number of amides is 3. The van der Waals surface area contributed by atoms with E-state index >= 15 is 0 Å². The molecule has 1 aliphatic rings. The first-order valence-corrected chi connectivity index (χ1v) is 14.7. The van der Waals surface area contributed by atoms with Gasteiger partial charge in [-0.1, -0.05) is 48.5 Å². The van der Waals surface area contributed by atoms with Crippen molar-refractivity contribution >= 4 is 40.6 Å². The van der Waals surface area contributed by atoms with Crippen molar-refractivity contribution in [1.29, 1.82) is 0 Å². The van der Waals surface area contributed by atoms with Gasteiger partial charge in [-0.05, 0) is 42.9 Å². The second-order valence-corrected chi connectivity index (χ2v) is 11.0. The van der Waals surface area contributed by atoms with Crippen molar-refractivity contribution in [1.82, 2.24) is 20.5 Å². The number of hydrogen-bond donors (Lipinski definition) is 7. The monoisotopic (exact) mass is 604 g/mol. The summed E-state index contributed by atoms with van der Waals surface area (Å²) in [5.41, 5.74) is 19.2. The second kappa shape index (κ2) is 15.0. The Morgan fingerprint density at radius 3 is 2.45 bits per heavy atom. The molecule has 3 aromatic rings. The quantitative estimate of drug-likeness (QED) is 0.0772. The summed E-state index contributed by atoms with van der Waals surface area (Å²) in [5, 5.41) is 16.3. The molecule has 2 aromatic carbocycles. The summed E-state index contributed by atoms with van der Waals surface area (Å²) in [6.45, 7) is 0.695. The zero-order chi connectivity index (χ0) is 31.6. The molecule has 3 amide bonds. The number of nitrogens with zero attached hydrogens (tertiary/aromatic N) is 2. The molecule has 1 aromatic heterocycles. The molecule has 4 unspecified atom stereocenters. The summed E-state index contributed by atoms with van der Waals surface area (Å²) < 4.78 is 0. The lowest BCUT2D eigenvalue weighted by Gasteiger charge is -2.28. The molecule has 4 atom stereocenters. The van der Waals surface area contributed by atoms with E-state index < -0.39 is 42.0 Å². The Hall–Kier alpha value is -4.91. The maximum atomic E-state index is 13.6. The number of carboxylic acid groups (broad SMARTS) is 1. The molecular formula is C31H40N8O5. The lowest BCUT2D eigenvalue weighted by Crippen LogP contribution is -2.57. The Balaban J connectivity index is 1.46. The Bertz CT molecular complexity index is 1490. The summed E-state index contributed by atoms with van der Waals surface area (Å²) in [6, 6.07) is 12.6. The van der Waals surface area contributed by atoms with Gasteiger partial charge in [0.25, 0.3) is 0 Å². The maximum Gasteiger partial charge on any atom is 0.326 e. The number of carbonyl (C=O) groups is 4. The van der Waals surface area contributed by atoms with Crippen molar-refractivity contribution in [2.45, 2.75) is 62.7 Å². The van der Waals surface area contributed by atoms with Crippen molar-refractivity contribution in [2.75, 3.05) is 13.1 Å². The van der Waals surface area contributed by atoms with E-state index in [1.165, 1.54) is 4.90 Å². The van der Waals surface area contributed by atoms with Crippen molar-refractivity contribution in [2.24, 2.45) is 22.2 Å². The normalized spacial score (nSPS) is 16.6. The van der Waals surface area contributed by atoms with Crippen LogP contribution in [-0.4, -0.2) is 81.9 Å². The minimum atomic E-state index is -1.24. The number of aliphatic imine (C=N–C) groups is 1. The van der Waals surface area contributed by atoms with Crippen LogP contribution in [0, 0.1) is 0 Å². The van der Waals surface area contributed by atoms with E-state index in [9.17, 15) is 24.3 Å². The van der Waals surface area contributed by atoms with Crippen LogP contribution in [0.5, 0.6) is 0 Å². The van der Waals surface area contributed by atoms with Gasteiger partial charge in [-0.25, -0.2) is 4.79 Å². The number of likely N-dealkylation sites (tertiary alicyclic amines) is 1. The first-order chi connectivity index (χ1) is 21.1. The zero-order valence-corrected chi connectivity index (χ0v) is 24.4. The number of hydrogen-bond acceptors (Lipinski definition) is 6. The van der Waals surface area contributed by atoms with E-state index in [2.05, 4.69) is 20.6 Å². The third-order valence-corrected chi connectivity index (χ3v) is 7.75. The first-order valence-electron chi connectivity index (χ1n) is 14.7. The number of aliphatic carboxylic acids is 1. The van der Waals surface area contributed by atoms with Crippen LogP contribution in [0.1, 0.15) is 36.8 Å². The second-order valence-electron chi connectivity index (χ2n) is 11.0. The molecule has 0 radical (unpaired) electrons. The molecule has 0 saturated carbocycles. The molecule has 44 heavy (non-hydrogen) atoms.